The number of fused-ring (bicyclic) bond motifs is 1. The van der Waals surface area contributed by atoms with Gasteiger partial charge < -0.3 is 0 Å². The van der Waals surface area contributed by atoms with Crippen molar-refractivity contribution in [1.29, 1.82) is 0 Å². The lowest BCUT2D eigenvalue weighted by molar-refractivity contribution is 0.992. The molecule has 4 aromatic rings. The van der Waals surface area contributed by atoms with Gasteiger partial charge >= 0.3 is 0 Å². The Morgan fingerprint density at radius 1 is 1.14 bits per heavy atom. The van der Waals surface area contributed by atoms with E-state index in [0.29, 0.717) is 5.15 Å². The van der Waals surface area contributed by atoms with E-state index in [4.69, 9.17) is 11.6 Å². The summed E-state index contributed by atoms with van der Waals surface area (Å²) < 4.78 is 1.84. The highest BCUT2D eigenvalue weighted by atomic mass is 35.5. The Balaban J connectivity index is 1.89. The second-order valence-electron chi connectivity index (χ2n) is 4.50. The number of nitrogens with zero attached hydrogens (tertiary/aromatic N) is 5. The minimum absolute atomic E-state index is 0.439. The van der Waals surface area contributed by atoms with Gasteiger partial charge in [-0.05, 0) is 18.2 Å². The van der Waals surface area contributed by atoms with Gasteiger partial charge in [-0.2, -0.15) is 5.10 Å². The molecule has 21 heavy (non-hydrogen) atoms. The largest absolute Gasteiger partial charge is 0.291 e. The molecule has 0 aliphatic rings. The van der Waals surface area contributed by atoms with Crippen molar-refractivity contribution in [2.75, 3.05) is 0 Å². The highest BCUT2D eigenvalue weighted by Gasteiger charge is 2.10. The van der Waals surface area contributed by atoms with Crippen LogP contribution in [0.2, 0.25) is 5.15 Å². The van der Waals surface area contributed by atoms with Crippen LogP contribution < -0.4 is 0 Å². The van der Waals surface area contributed by atoms with Gasteiger partial charge in [0, 0.05) is 29.5 Å². The molecule has 0 aliphatic heterocycles. The summed E-state index contributed by atoms with van der Waals surface area (Å²) in [5, 5.41) is 8.68. The number of H-pyrrole nitrogens is 1. The second-order valence-corrected chi connectivity index (χ2v) is 4.88. The number of aromatic nitrogens is 6. The number of halogens is 1. The molecule has 0 bridgehead atoms. The quantitative estimate of drug-likeness (QED) is 0.577. The summed E-state index contributed by atoms with van der Waals surface area (Å²) in [5.74, 6) is 0.779. The van der Waals surface area contributed by atoms with Gasteiger partial charge in [0.25, 0.3) is 0 Å². The van der Waals surface area contributed by atoms with E-state index in [1.165, 1.54) is 0 Å². The SMILES string of the molecule is Clc1cc2c(-c3ccnc(-n4ccnc4)c3)n[nH]c2cn1. The van der Waals surface area contributed by atoms with Crippen molar-refractivity contribution in [2.45, 2.75) is 0 Å². The number of hydrogen-bond acceptors (Lipinski definition) is 4. The Bertz CT molecular complexity index is 912. The normalized spacial score (nSPS) is 11.1. The highest BCUT2D eigenvalue weighted by molar-refractivity contribution is 6.30. The summed E-state index contributed by atoms with van der Waals surface area (Å²) in [4.78, 5) is 12.4. The molecule has 6 nitrogen and oxygen atoms in total. The molecule has 1 N–H and O–H groups in total. The first-order valence-corrected chi connectivity index (χ1v) is 6.63. The number of rotatable bonds is 2. The van der Waals surface area contributed by atoms with E-state index >= 15 is 0 Å². The molecule has 0 aliphatic carbocycles. The molecule has 0 fully saturated rings. The van der Waals surface area contributed by atoms with Gasteiger partial charge in [0.2, 0.25) is 0 Å². The van der Waals surface area contributed by atoms with Crippen molar-refractivity contribution in [3.05, 3.63) is 54.5 Å². The van der Waals surface area contributed by atoms with Crippen LogP contribution in [0.15, 0.2) is 49.3 Å². The summed E-state index contributed by atoms with van der Waals surface area (Å²) in [5.41, 5.74) is 2.61. The first kappa shape index (κ1) is 12.0. The Hall–Kier alpha value is -2.73. The number of hydrogen-bond donors (Lipinski definition) is 1. The number of imidazole rings is 1. The van der Waals surface area contributed by atoms with Crippen LogP contribution in [0.3, 0.4) is 0 Å². The van der Waals surface area contributed by atoms with Gasteiger partial charge in [0.15, 0.2) is 0 Å². The van der Waals surface area contributed by atoms with Crippen molar-refractivity contribution in [3.63, 3.8) is 0 Å². The zero-order valence-corrected chi connectivity index (χ0v) is 11.5. The van der Waals surface area contributed by atoms with Crippen LogP contribution in [-0.2, 0) is 0 Å². The van der Waals surface area contributed by atoms with Crippen LogP contribution >= 0.6 is 11.6 Å². The van der Waals surface area contributed by atoms with E-state index in [0.717, 1.165) is 28.0 Å². The summed E-state index contributed by atoms with van der Waals surface area (Å²) in [6.07, 6.45) is 8.68. The third kappa shape index (κ3) is 2.05. The van der Waals surface area contributed by atoms with Crippen molar-refractivity contribution in [3.8, 4) is 17.1 Å². The van der Waals surface area contributed by atoms with Crippen LogP contribution in [0.1, 0.15) is 0 Å². The van der Waals surface area contributed by atoms with E-state index in [1.807, 2.05) is 22.9 Å². The van der Waals surface area contributed by atoms with Crippen molar-refractivity contribution in [1.82, 2.24) is 29.7 Å². The van der Waals surface area contributed by atoms with Gasteiger partial charge in [-0.15, -0.1) is 0 Å². The topological polar surface area (TPSA) is 72.3 Å². The lowest BCUT2D eigenvalue weighted by atomic mass is 10.1. The zero-order chi connectivity index (χ0) is 14.2. The molecule has 4 rings (SSSR count). The summed E-state index contributed by atoms with van der Waals surface area (Å²) in [7, 11) is 0. The minimum Gasteiger partial charge on any atom is -0.291 e. The summed E-state index contributed by atoms with van der Waals surface area (Å²) in [6.45, 7) is 0. The zero-order valence-electron chi connectivity index (χ0n) is 10.7. The van der Waals surface area contributed by atoms with Gasteiger partial charge in [0.05, 0.1) is 11.7 Å². The van der Waals surface area contributed by atoms with E-state index in [2.05, 4.69) is 25.1 Å². The van der Waals surface area contributed by atoms with Crippen molar-refractivity contribution in [2.24, 2.45) is 0 Å². The standard InChI is InChI=1S/C14H9ClN6/c15-12-6-10-11(7-18-12)19-20-14(10)9-1-2-17-13(5-9)21-4-3-16-8-21/h1-8H,(H,19,20). The molecule has 4 heterocycles. The smallest absolute Gasteiger partial charge is 0.138 e. The monoisotopic (exact) mass is 296 g/mol. The molecule has 102 valence electrons. The molecular formula is C14H9ClN6. The number of nitrogens with one attached hydrogen (secondary N) is 1. The molecule has 0 saturated carbocycles. The maximum absolute atomic E-state index is 5.97. The molecule has 4 aromatic heterocycles. The number of pyridine rings is 2. The van der Waals surface area contributed by atoms with Crippen molar-refractivity contribution < 1.29 is 0 Å². The molecule has 0 aromatic carbocycles. The average molecular weight is 297 g/mol. The van der Waals surface area contributed by atoms with Crippen LogP contribution in [0, 0.1) is 0 Å². The summed E-state index contributed by atoms with van der Waals surface area (Å²) in [6, 6.07) is 5.66. The average Bonchev–Trinajstić information content (AvgIpc) is 3.16. The Morgan fingerprint density at radius 3 is 2.95 bits per heavy atom. The molecule has 0 spiro atoms. The van der Waals surface area contributed by atoms with Gasteiger partial charge in [0.1, 0.15) is 23.0 Å². The van der Waals surface area contributed by atoms with Crippen LogP contribution in [0.5, 0.6) is 0 Å². The van der Waals surface area contributed by atoms with Crippen LogP contribution in [-0.4, -0.2) is 29.7 Å². The highest BCUT2D eigenvalue weighted by Crippen LogP contribution is 2.27. The minimum atomic E-state index is 0.439. The molecule has 7 heteroatoms. The first-order chi connectivity index (χ1) is 10.3. The fourth-order valence-corrected chi connectivity index (χ4v) is 2.37. The second kappa shape index (κ2) is 4.68. The maximum atomic E-state index is 5.97. The van der Waals surface area contributed by atoms with Crippen molar-refractivity contribution >= 4 is 22.5 Å². The number of aromatic amines is 1. The molecule has 0 amide bonds. The van der Waals surface area contributed by atoms with E-state index in [-0.39, 0.29) is 0 Å². The van der Waals surface area contributed by atoms with E-state index in [9.17, 15) is 0 Å². The maximum Gasteiger partial charge on any atom is 0.138 e. The third-order valence-electron chi connectivity index (χ3n) is 3.20. The van der Waals surface area contributed by atoms with E-state index < -0.39 is 0 Å². The van der Waals surface area contributed by atoms with Gasteiger partial charge in [-0.3, -0.25) is 9.67 Å². The van der Waals surface area contributed by atoms with Crippen LogP contribution in [0.4, 0.5) is 0 Å². The molecule has 0 atom stereocenters. The fraction of sp³-hybridized carbons (Fsp3) is 0. The lowest BCUT2D eigenvalue weighted by Gasteiger charge is -2.03. The summed E-state index contributed by atoms with van der Waals surface area (Å²) >= 11 is 5.97. The van der Waals surface area contributed by atoms with Gasteiger partial charge in [-0.25, -0.2) is 15.0 Å². The third-order valence-corrected chi connectivity index (χ3v) is 3.41. The molecule has 0 saturated heterocycles. The van der Waals surface area contributed by atoms with Crippen LogP contribution in [0.25, 0.3) is 28.0 Å². The Kier molecular flexibility index (Phi) is 2.68. The molecule has 0 unspecified atom stereocenters. The molecule has 0 radical (unpaired) electrons. The van der Waals surface area contributed by atoms with Gasteiger partial charge in [-0.1, -0.05) is 11.6 Å². The Labute approximate surface area is 124 Å². The predicted molar refractivity (Wildman–Crippen MR) is 79.3 cm³/mol. The lowest BCUT2D eigenvalue weighted by Crippen LogP contribution is -1.94. The van der Waals surface area contributed by atoms with E-state index in [1.54, 1.807) is 31.0 Å². The Morgan fingerprint density at radius 2 is 2.10 bits per heavy atom. The molecular weight excluding hydrogens is 288 g/mol. The predicted octanol–water partition coefficient (Wildman–Crippen LogP) is 2.86. The fourth-order valence-electron chi connectivity index (χ4n) is 2.21. The first-order valence-electron chi connectivity index (χ1n) is 6.25.